The minimum Gasteiger partial charge on any atom is -0.396 e. The maximum absolute atomic E-state index is 5.92. The van der Waals surface area contributed by atoms with Gasteiger partial charge in [0, 0.05) is 5.56 Å². The lowest BCUT2D eigenvalue weighted by Crippen LogP contribution is -2.00. The molecule has 4 heteroatoms. The molecule has 0 aliphatic carbocycles. The summed E-state index contributed by atoms with van der Waals surface area (Å²) in [4.78, 5) is 5.02. The van der Waals surface area contributed by atoms with Crippen LogP contribution in [0.2, 0.25) is 10.0 Å². The molecule has 0 saturated carbocycles. The number of hydrogen-bond acceptors (Lipinski definition) is 2. The predicted molar refractivity (Wildman–Crippen MR) is 64.9 cm³/mol. The van der Waals surface area contributed by atoms with Gasteiger partial charge in [0.1, 0.15) is 6.61 Å². The molecule has 0 atom stereocenters. The Balaban J connectivity index is 2.97. The zero-order chi connectivity index (χ0) is 11.3. The first-order chi connectivity index (χ1) is 7.19. The maximum atomic E-state index is 5.92. The van der Waals surface area contributed by atoms with E-state index < -0.39 is 0 Å². The maximum Gasteiger partial charge on any atom is 0.114 e. The number of halogens is 2. The van der Waals surface area contributed by atoms with Crippen LogP contribution in [0, 0.1) is 0 Å². The second kappa shape index (κ2) is 5.99. The summed E-state index contributed by atoms with van der Waals surface area (Å²) in [5.41, 5.74) is 1.82. The molecular weight excluding hydrogens is 233 g/mol. The third kappa shape index (κ3) is 3.40. The van der Waals surface area contributed by atoms with E-state index in [0.29, 0.717) is 16.7 Å². The SMILES string of the molecule is CCO/N=C(\CC)c1ccc(Cl)c(Cl)c1. The van der Waals surface area contributed by atoms with Gasteiger partial charge in [-0.2, -0.15) is 0 Å². The van der Waals surface area contributed by atoms with E-state index in [2.05, 4.69) is 5.16 Å². The van der Waals surface area contributed by atoms with Gasteiger partial charge in [0.25, 0.3) is 0 Å². The van der Waals surface area contributed by atoms with Crippen molar-refractivity contribution in [1.29, 1.82) is 0 Å². The molecule has 0 heterocycles. The third-order valence-corrected chi connectivity index (χ3v) is 2.63. The fraction of sp³-hybridized carbons (Fsp3) is 0.364. The van der Waals surface area contributed by atoms with Crippen molar-refractivity contribution in [2.24, 2.45) is 5.16 Å². The highest BCUT2D eigenvalue weighted by Gasteiger charge is 2.05. The van der Waals surface area contributed by atoms with Crippen LogP contribution < -0.4 is 0 Å². The van der Waals surface area contributed by atoms with Crippen LogP contribution in [0.25, 0.3) is 0 Å². The first-order valence-corrected chi connectivity index (χ1v) is 5.58. The molecule has 0 radical (unpaired) electrons. The number of rotatable bonds is 4. The Hall–Kier alpha value is -0.730. The monoisotopic (exact) mass is 245 g/mol. The average Bonchev–Trinajstić information content (AvgIpc) is 2.24. The van der Waals surface area contributed by atoms with Crippen molar-refractivity contribution in [2.75, 3.05) is 6.61 Å². The van der Waals surface area contributed by atoms with E-state index in [1.807, 2.05) is 19.9 Å². The molecule has 0 N–H and O–H groups in total. The Labute approximate surface area is 99.8 Å². The van der Waals surface area contributed by atoms with Crippen LogP contribution in [0.4, 0.5) is 0 Å². The summed E-state index contributed by atoms with van der Waals surface area (Å²) >= 11 is 11.8. The summed E-state index contributed by atoms with van der Waals surface area (Å²) in [6, 6.07) is 5.44. The lowest BCUT2D eigenvalue weighted by molar-refractivity contribution is 0.158. The summed E-state index contributed by atoms with van der Waals surface area (Å²) in [5.74, 6) is 0. The Bertz CT molecular complexity index is 364. The standard InChI is InChI=1S/C11H13Cl2NO/c1-3-11(14-15-4-2)8-5-6-9(12)10(13)7-8/h5-7H,3-4H2,1-2H3/b14-11+. The Morgan fingerprint density at radius 2 is 2.00 bits per heavy atom. The molecule has 0 aliphatic heterocycles. The molecule has 0 amide bonds. The molecule has 0 unspecified atom stereocenters. The van der Waals surface area contributed by atoms with Crippen LogP contribution in [0.3, 0.4) is 0 Å². The highest BCUT2D eigenvalue weighted by molar-refractivity contribution is 6.42. The van der Waals surface area contributed by atoms with Crippen molar-refractivity contribution < 1.29 is 4.84 Å². The highest BCUT2D eigenvalue weighted by Crippen LogP contribution is 2.23. The van der Waals surface area contributed by atoms with Crippen molar-refractivity contribution in [2.45, 2.75) is 20.3 Å². The van der Waals surface area contributed by atoms with Crippen molar-refractivity contribution in [3.8, 4) is 0 Å². The zero-order valence-corrected chi connectivity index (χ0v) is 10.3. The van der Waals surface area contributed by atoms with E-state index in [-0.39, 0.29) is 0 Å². The van der Waals surface area contributed by atoms with Crippen LogP contribution >= 0.6 is 23.2 Å². The molecule has 15 heavy (non-hydrogen) atoms. The molecule has 0 saturated heterocycles. The smallest absolute Gasteiger partial charge is 0.114 e. The van der Waals surface area contributed by atoms with Gasteiger partial charge >= 0.3 is 0 Å². The average molecular weight is 246 g/mol. The van der Waals surface area contributed by atoms with E-state index >= 15 is 0 Å². The third-order valence-electron chi connectivity index (χ3n) is 1.89. The minimum atomic E-state index is 0.534. The summed E-state index contributed by atoms with van der Waals surface area (Å²) in [6.07, 6.45) is 0.790. The number of benzene rings is 1. The fourth-order valence-electron chi connectivity index (χ4n) is 1.14. The summed E-state index contributed by atoms with van der Waals surface area (Å²) in [7, 11) is 0. The van der Waals surface area contributed by atoms with E-state index in [0.717, 1.165) is 17.7 Å². The van der Waals surface area contributed by atoms with Crippen molar-refractivity contribution >= 4 is 28.9 Å². The van der Waals surface area contributed by atoms with E-state index in [4.69, 9.17) is 28.0 Å². The quantitative estimate of drug-likeness (QED) is 0.577. The second-order valence-electron chi connectivity index (χ2n) is 2.94. The van der Waals surface area contributed by atoms with Crippen molar-refractivity contribution in [3.05, 3.63) is 33.8 Å². The zero-order valence-electron chi connectivity index (χ0n) is 8.76. The lowest BCUT2D eigenvalue weighted by atomic mass is 10.1. The Morgan fingerprint density at radius 3 is 2.53 bits per heavy atom. The van der Waals surface area contributed by atoms with Gasteiger partial charge in [-0.25, -0.2) is 0 Å². The Kier molecular flexibility index (Phi) is 4.92. The van der Waals surface area contributed by atoms with Gasteiger partial charge in [-0.1, -0.05) is 41.3 Å². The largest absolute Gasteiger partial charge is 0.396 e. The van der Waals surface area contributed by atoms with Crippen LogP contribution in [0.1, 0.15) is 25.8 Å². The topological polar surface area (TPSA) is 21.6 Å². The van der Waals surface area contributed by atoms with Gasteiger partial charge in [-0.15, -0.1) is 0 Å². The molecule has 0 bridgehead atoms. The van der Waals surface area contributed by atoms with E-state index in [1.165, 1.54) is 0 Å². The van der Waals surface area contributed by atoms with Crippen LogP contribution in [-0.4, -0.2) is 12.3 Å². The van der Waals surface area contributed by atoms with Crippen molar-refractivity contribution in [1.82, 2.24) is 0 Å². The summed E-state index contributed by atoms with van der Waals surface area (Å²) < 4.78 is 0. The number of oxime groups is 1. The molecule has 1 aromatic rings. The van der Waals surface area contributed by atoms with Gasteiger partial charge in [0.2, 0.25) is 0 Å². The van der Waals surface area contributed by atoms with Gasteiger partial charge in [-0.05, 0) is 25.5 Å². The van der Waals surface area contributed by atoms with E-state index in [1.54, 1.807) is 12.1 Å². The van der Waals surface area contributed by atoms with E-state index in [9.17, 15) is 0 Å². The molecule has 1 rings (SSSR count). The van der Waals surface area contributed by atoms with Crippen LogP contribution in [0.5, 0.6) is 0 Å². The van der Waals surface area contributed by atoms with Crippen LogP contribution in [0.15, 0.2) is 23.4 Å². The number of hydrogen-bond donors (Lipinski definition) is 0. The fourth-order valence-corrected chi connectivity index (χ4v) is 1.44. The number of nitrogens with zero attached hydrogens (tertiary/aromatic N) is 1. The second-order valence-corrected chi connectivity index (χ2v) is 3.75. The lowest BCUT2D eigenvalue weighted by Gasteiger charge is -2.05. The predicted octanol–water partition coefficient (Wildman–Crippen LogP) is 4.14. The first kappa shape index (κ1) is 12.3. The first-order valence-electron chi connectivity index (χ1n) is 4.83. The van der Waals surface area contributed by atoms with Crippen LogP contribution in [-0.2, 0) is 4.84 Å². The molecule has 82 valence electrons. The van der Waals surface area contributed by atoms with Gasteiger partial charge in [0.15, 0.2) is 0 Å². The van der Waals surface area contributed by atoms with Gasteiger partial charge in [-0.3, -0.25) is 0 Å². The minimum absolute atomic E-state index is 0.534. The molecule has 0 aliphatic rings. The summed E-state index contributed by atoms with van der Waals surface area (Å²) in [6.45, 7) is 4.47. The van der Waals surface area contributed by atoms with Gasteiger partial charge < -0.3 is 4.84 Å². The normalized spacial score (nSPS) is 11.6. The van der Waals surface area contributed by atoms with Crippen molar-refractivity contribution in [3.63, 3.8) is 0 Å². The molecule has 0 aromatic heterocycles. The molecule has 2 nitrogen and oxygen atoms in total. The highest BCUT2D eigenvalue weighted by atomic mass is 35.5. The van der Waals surface area contributed by atoms with Gasteiger partial charge in [0.05, 0.1) is 15.8 Å². The Morgan fingerprint density at radius 1 is 1.27 bits per heavy atom. The molecule has 1 aromatic carbocycles. The molecular formula is C11H13Cl2NO. The summed E-state index contributed by atoms with van der Waals surface area (Å²) in [5, 5.41) is 5.10. The molecule has 0 fully saturated rings. The molecule has 0 spiro atoms.